The number of hydrogen-bond donors (Lipinski definition) is 1. The molecule has 6 bridgehead atoms. The fourth-order valence-electron chi connectivity index (χ4n) is 8.82. The van der Waals surface area contributed by atoms with E-state index in [-0.39, 0.29) is 49.0 Å². The van der Waals surface area contributed by atoms with E-state index in [1.807, 2.05) is 4.90 Å². The quantitative estimate of drug-likeness (QED) is 0.342. The van der Waals surface area contributed by atoms with Crippen LogP contribution in [0.2, 0.25) is 5.02 Å². The van der Waals surface area contributed by atoms with Crippen LogP contribution in [0.15, 0.2) is 18.5 Å². The van der Waals surface area contributed by atoms with Crippen molar-refractivity contribution in [3.8, 4) is 17.3 Å². The number of carbonyl (C=O) groups excluding carboxylic acids is 1. The van der Waals surface area contributed by atoms with Crippen LogP contribution in [0.3, 0.4) is 0 Å². The first-order chi connectivity index (χ1) is 22.9. The van der Waals surface area contributed by atoms with Crippen molar-refractivity contribution in [2.75, 3.05) is 57.4 Å². The Kier molecular flexibility index (Phi) is 7.02. The first-order valence-electron chi connectivity index (χ1n) is 16.5. The van der Waals surface area contributed by atoms with Gasteiger partial charge in [0.15, 0.2) is 5.82 Å². The zero-order chi connectivity index (χ0) is 31.9. The highest BCUT2D eigenvalue weighted by Crippen LogP contribution is 2.43. The second-order valence-corrected chi connectivity index (χ2v) is 14.1. The van der Waals surface area contributed by atoms with Gasteiger partial charge in [-0.2, -0.15) is 15.1 Å². The number of carbonyl (C=O) groups is 1. The van der Waals surface area contributed by atoms with Crippen LogP contribution in [0.25, 0.3) is 33.1 Å². The Balaban J connectivity index is 1.21. The Morgan fingerprint density at radius 1 is 1.15 bits per heavy atom. The maximum atomic E-state index is 17.1. The Morgan fingerprint density at radius 2 is 2.04 bits per heavy atom. The van der Waals surface area contributed by atoms with Crippen molar-refractivity contribution in [1.82, 2.24) is 34.9 Å². The average Bonchev–Trinajstić information content (AvgIpc) is 3.85. The normalized spacial score (nSPS) is 27.8. The Hall–Kier alpha value is -3.68. The molecule has 0 saturated carbocycles. The molecule has 47 heavy (non-hydrogen) atoms. The molecule has 11 nitrogen and oxygen atoms in total. The number of pyridine rings is 1. The summed E-state index contributed by atoms with van der Waals surface area (Å²) in [5.41, 5.74) is 1.52. The molecule has 9 heterocycles. The molecule has 0 aliphatic carbocycles. The van der Waals surface area contributed by atoms with Gasteiger partial charge in [0.1, 0.15) is 36.4 Å². The summed E-state index contributed by atoms with van der Waals surface area (Å²) in [6.45, 7) is 3.53. The number of rotatable bonds is 3. The van der Waals surface area contributed by atoms with E-state index >= 15 is 4.39 Å². The average molecular weight is 665 g/mol. The molecule has 4 saturated heterocycles. The van der Waals surface area contributed by atoms with Crippen LogP contribution in [0, 0.1) is 11.7 Å². The zero-order valence-electron chi connectivity index (χ0n) is 25.9. The summed E-state index contributed by atoms with van der Waals surface area (Å²) in [6, 6.07) is 1.78. The second-order valence-electron chi connectivity index (χ2n) is 13.7. The lowest BCUT2D eigenvalue weighted by Crippen LogP contribution is -2.51. The monoisotopic (exact) mass is 664 g/mol. The highest BCUT2D eigenvalue weighted by atomic mass is 35.5. The lowest BCUT2D eigenvalue weighted by atomic mass is 9.92. The van der Waals surface area contributed by atoms with Crippen LogP contribution in [0.1, 0.15) is 37.7 Å². The number of fused-ring (bicyclic) bond motifs is 7. The molecule has 246 valence electrons. The van der Waals surface area contributed by atoms with Crippen LogP contribution >= 0.6 is 11.6 Å². The molecule has 0 radical (unpaired) electrons. The third-order valence-electron chi connectivity index (χ3n) is 11.1. The van der Waals surface area contributed by atoms with Crippen LogP contribution in [-0.4, -0.2) is 111 Å². The van der Waals surface area contributed by atoms with Crippen molar-refractivity contribution in [2.24, 2.45) is 5.92 Å². The molecular formula is C33H35ClF2N8O3. The molecule has 3 aromatic heterocycles. The number of nitrogens with zero attached hydrogens (tertiary/aromatic N) is 7. The highest BCUT2D eigenvalue weighted by Gasteiger charge is 2.49. The van der Waals surface area contributed by atoms with E-state index in [9.17, 15) is 9.18 Å². The second kappa shape index (κ2) is 11.2. The first-order valence-corrected chi connectivity index (χ1v) is 16.9. The molecule has 4 aromatic rings. The number of benzene rings is 1. The number of nitrogens with one attached hydrogen (secondary N) is 1. The van der Waals surface area contributed by atoms with Gasteiger partial charge in [-0.3, -0.25) is 19.8 Å². The maximum Gasteiger partial charge on any atom is 0.319 e. The van der Waals surface area contributed by atoms with E-state index in [1.165, 1.54) is 0 Å². The van der Waals surface area contributed by atoms with Gasteiger partial charge in [-0.05, 0) is 56.2 Å². The van der Waals surface area contributed by atoms with Crippen molar-refractivity contribution in [1.29, 1.82) is 0 Å². The van der Waals surface area contributed by atoms with E-state index in [2.05, 4.69) is 25.0 Å². The van der Waals surface area contributed by atoms with Crippen molar-refractivity contribution in [2.45, 2.75) is 56.3 Å². The minimum absolute atomic E-state index is 0.0188. The van der Waals surface area contributed by atoms with E-state index < -0.39 is 17.5 Å². The van der Waals surface area contributed by atoms with Gasteiger partial charge < -0.3 is 19.3 Å². The molecule has 6 aliphatic heterocycles. The van der Waals surface area contributed by atoms with Crippen LogP contribution in [-0.2, 0) is 16.0 Å². The van der Waals surface area contributed by atoms with Gasteiger partial charge in [0, 0.05) is 54.8 Å². The standard InChI is InChI=1S/C33H35ClF2N8O3/c34-23-10-24-21(13-38-41-24)27-20(23)4-9-46-16-26(45)44-8-3-18-2-7-42(15-25(18)44)31-22-12-37-30(27)28(36)29(22)39-32(40-31)47-17-33-5-1-6-43(33)14-19(35)11-33/h10,12-13,18-19,25H,1-9,11,14-17H2,(H,38,41)/t18-,19+,25-,33-/m0/s1. The number of piperidine rings is 1. The maximum absolute atomic E-state index is 17.1. The molecule has 4 atom stereocenters. The van der Waals surface area contributed by atoms with Crippen molar-refractivity contribution < 1.29 is 23.0 Å². The topological polar surface area (TPSA) is 113 Å². The summed E-state index contributed by atoms with van der Waals surface area (Å²) in [6.07, 6.45) is 6.68. The Bertz CT molecular complexity index is 1910. The fraction of sp³-hybridized carbons (Fsp3) is 0.545. The molecular weight excluding hydrogens is 630 g/mol. The third-order valence-corrected chi connectivity index (χ3v) is 11.5. The largest absolute Gasteiger partial charge is 0.461 e. The van der Waals surface area contributed by atoms with Gasteiger partial charge in [0.2, 0.25) is 5.91 Å². The molecule has 0 unspecified atom stereocenters. The van der Waals surface area contributed by atoms with Crippen LogP contribution in [0.4, 0.5) is 14.6 Å². The minimum Gasteiger partial charge on any atom is -0.461 e. The molecule has 6 aliphatic rings. The summed E-state index contributed by atoms with van der Waals surface area (Å²) in [7, 11) is 0. The van der Waals surface area contributed by atoms with Gasteiger partial charge in [-0.15, -0.1) is 0 Å². The molecule has 10 rings (SSSR count). The van der Waals surface area contributed by atoms with E-state index in [0.29, 0.717) is 83.2 Å². The first kappa shape index (κ1) is 29.5. The van der Waals surface area contributed by atoms with E-state index in [0.717, 1.165) is 32.2 Å². The number of amides is 1. The number of halogens is 3. The number of H-pyrrole nitrogens is 1. The number of aromatic nitrogens is 5. The van der Waals surface area contributed by atoms with Gasteiger partial charge in [0.25, 0.3) is 0 Å². The summed E-state index contributed by atoms with van der Waals surface area (Å²) in [4.78, 5) is 33.9. The summed E-state index contributed by atoms with van der Waals surface area (Å²) >= 11 is 6.80. The SMILES string of the molecule is O=C1COCCc2c(Cl)cc3[nH]ncc3c2-c2ncc3c(nc(OC[C@@]45CCCN4C[C@H](F)C5)nc3c2F)N2CC[C@H]3CCN1[C@H]3C2. The lowest BCUT2D eigenvalue weighted by Gasteiger charge is -2.39. The van der Waals surface area contributed by atoms with Crippen molar-refractivity contribution in [3.63, 3.8) is 0 Å². The molecule has 14 heteroatoms. The summed E-state index contributed by atoms with van der Waals surface area (Å²) < 4.78 is 43.8. The fourth-order valence-corrected chi connectivity index (χ4v) is 9.12. The number of anilines is 1. The molecule has 0 spiro atoms. The van der Waals surface area contributed by atoms with E-state index in [1.54, 1.807) is 18.5 Å². The molecule has 1 amide bonds. The predicted octanol–water partition coefficient (Wildman–Crippen LogP) is 4.32. The van der Waals surface area contributed by atoms with Crippen LogP contribution in [0.5, 0.6) is 6.01 Å². The third kappa shape index (κ3) is 4.75. The van der Waals surface area contributed by atoms with Gasteiger partial charge in [-0.1, -0.05) is 11.6 Å². The van der Waals surface area contributed by atoms with Crippen molar-refractivity contribution >= 4 is 45.1 Å². The number of alkyl halides is 1. The molecule has 4 fully saturated rings. The number of hydrogen-bond acceptors (Lipinski definition) is 9. The smallest absolute Gasteiger partial charge is 0.319 e. The van der Waals surface area contributed by atoms with Gasteiger partial charge in [0.05, 0.1) is 35.3 Å². The predicted molar refractivity (Wildman–Crippen MR) is 171 cm³/mol. The zero-order valence-corrected chi connectivity index (χ0v) is 26.6. The molecule has 1 aromatic carbocycles. The number of aromatic amines is 1. The van der Waals surface area contributed by atoms with Crippen molar-refractivity contribution in [3.05, 3.63) is 34.9 Å². The summed E-state index contributed by atoms with van der Waals surface area (Å²) in [5, 5.41) is 8.65. The molecule has 1 N–H and O–H groups in total. The highest BCUT2D eigenvalue weighted by molar-refractivity contribution is 6.33. The Labute approximate surface area is 274 Å². The number of ether oxygens (including phenoxy) is 2. The van der Waals surface area contributed by atoms with Crippen LogP contribution < -0.4 is 9.64 Å². The minimum atomic E-state index is -0.902. The summed E-state index contributed by atoms with van der Waals surface area (Å²) in [5.74, 6) is 0.220. The lowest BCUT2D eigenvalue weighted by molar-refractivity contribution is -0.137. The Morgan fingerprint density at radius 3 is 2.96 bits per heavy atom. The van der Waals surface area contributed by atoms with Gasteiger partial charge >= 0.3 is 6.01 Å². The van der Waals surface area contributed by atoms with Gasteiger partial charge in [-0.25, -0.2) is 8.78 Å². The van der Waals surface area contributed by atoms with E-state index in [4.69, 9.17) is 31.0 Å².